The van der Waals surface area contributed by atoms with E-state index in [0.717, 1.165) is 11.1 Å². The third kappa shape index (κ3) is 3.68. The minimum Gasteiger partial charge on any atom is -0.462 e. The molecule has 0 amide bonds. The summed E-state index contributed by atoms with van der Waals surface area (Å²) in [6.07, 6.45) is 0. The zero-order valence-electron chi connectivity index (χ0n) is 11.4. The molecule has 0 bridgehead atoms. The fourth-order valence-electron chi connectivity index (χ4n) is 1.85. The second kappa shape index (κ2) is 6.07. The molecule has 0 aliphatic heterocycles. The Labute approximate surface area is 123 Å². The number of esters is 1. The van der Waals surface area contributed by atoms with E-state index >= 15 is 0 Å². The Morgan fingerprint density at radius 2 is 1.48 bits per heavy atom. The first-order valence-corrected chi connectivity index (χ1v) is 7.87. The first-order chi connectivity index (χ1) is 9.91. The smallest absolute Gasteiger partial charge is 0.338 e. The molecule has 2 N–H and O–H groups in total. The topological polar surface area (TPSA) is 86.5 Å². The van der Waals surface area contributed by atoms with Crippen molar-refractivity contribution >= 4 is 16.0 Å². The van der Waals surface area contributed by atoms with Crippen molar-refractivity contribution in [3.8, 4) is 11.1 Å². The molecule has 0 atom stereocenters. The minimum absolute atomic E-state index is 0.0643. The number of ether oxygens (including phenoxy) is 1. The molecular weight excluding hydrogens is 290 g/mol. The van der Waals surface area contributed by atoms with Crippen LogP contribution < -0.4 is 5.14 Å². The van der Waals surface area contributed by atoms with E-state index < -0.39 is 10.0 Å². The molecule has 0 heterocycles. The number of primary sulfonamides is 1. The van der Waals surface area contributed by atoms with Crippen LogP contribution in [0.3, 0.4) is 0 Å². The number of rotatable bonds is 4. The molecule has 21 heavy (non-hydrogen) atoms. The molecule has 0 fully saturated rings. The van der Waals surface area contributed by atoms with Gasteiger partial charge in [0.25, 0.3) is 0 Å². The molecule has 6 heteroatoms. The van der Waals surface area contributed by atoms with Gasteiger partial charge in [0, 0.05) is 0 Å². The predicted molar refractivity (Wildman–Crippen MR) is 79.2 cm³/mol. The van der Waals surface area contributed by atoms with Crippen LogP contribution in [0, 0.1) is 0 Å². The maximum absolute atomic E-state index is 11.5. The first-order valence-electron chi connectivity index (χ1n) is 6.32. The predicted octanol–water partition coefficient (Wildman–Crippen LogP) is 2.18. The highest BCUT2D eigenvalue weighted by Crippen LogP contribution is 2.21. The zero-order chi connectivity index (χ0) is 15.5. The average molecular weight is 305 g/mol. The highest BCUT2D eigenvalue weighted by Gasteiger charge is 2.09. The third-order valence-corrected chi connectivity index (χ3v) is 3.84. The average Bonchev–Trinajstić information content (AvgIpc) is 2.47. The van der Waals surface area contributed by atoms with Crippen molar-refractivity contribution in [2.45, 2.75) is 11.8 Å². The van der Waals surface area contributed by atoms with Gasteiger partial charge < -0.3 is 4.74 Å². The van der Waals surface area contributed by atoms with Gasteiger partial charge in [-0.1, -0.05) is 24.3 Å². The van der Waals surface area contributed by atoms with Gasteiger partial charge in [0.05, 0.1) is 17.1 Å². The Kier molecular flexibility index (Phi) is 4.40. The number of benzene rings is 2. The van der Waals surface area contributed by atoms with E-state index in [-0.39, 0.29) is 10.9 Å². The number of carbonyl (C=O) groups excluding carboxylic acids is 1. The Balaban J connectivity index is 2.25. The van der Waals surface area contributed by atoms with Gasteiger partial charge in [0.15, 0.2) is 0 Å². The summed E-state index contributed by atoms with van der Waals surface area (Å²) in [4.78, 5) is 11.6. The fourth-order valence-corrected chi connectivity index (χ4v) is 2.37. The van der Waals surface area contributed by atoms with E-state index in [1.807, 2.05) is 0 Å². The van der Waals surface area contributed by atoms with Gasteiger partial charge in [-0.3, -0.25) is 0 Å². The summed E-state index contributed by atoms with van der Waals surface area (Å²) in [5.74, 6) is -0.367. The van der Waals surface area contributed by atoms with Crippen molar-refractivity contribution in [2.24, 2.45) is 5.14 Å². The van der Waals surface area contributed by atoms with Gasteiger partial charge in [-0.05, 0) is 42.3 Å². The summed E-state index contributed by atoms with van der Waals surface area (Å²) in [6, 6.07) is 13.1. The zero-order valence-corrected chi connectivity index (χ0v) is 12.3. The van der Waals surface area contributed by atoms with Crippen LogP contribution in [0.15, 0.2) is 53.4 Å². The monoisotopic (exact) mass is 305 g/mol. The Morgan fingerprint density at radius 3 is 1.90 bits per heavy atom. The lowest BCUT2D eigenvalue weighted by Gasteiger charge is -2.05. The lowest BCUT2D eigenvalue weighted by atomic mass is 10.0. The van der Waals surface area contributed by atoms with Crippen molar-refractivity contribution in [2.75, 3.05) is 6.61 Å². The van der Waals surface area contributed by atoms with Gasteiger partial charge in [0.1, 0.15) is 0 Å². The standard InChI is InChI=1S/C15H15NO4S/c1-2-20-15(17)13-5-3-11(4-6-13)12-7-9-14(10-8-12)21(16,18)19/h3-10H,2H2,1H3,(H2,16,18,19). The SMILES string of the molecule is CCOC(=O)c1ccc(-c2ccc(S(N)(=O)=O)cc2)cc1. The summed E-state index contributed by atoms with van der Waals surface area (Å²) < 4.78 is 27.3. The number of sulfonamides is 1. The highest BCUT2D eigenvalue weighted by molar-refractivity contribution is 7.89. The molecule has 0 unspecified atom stereocenters. The molecular formula is C15H15NO4S. The summed E-state index contributed by atoms with van der Waals surface area (Å²) in [5.41, 5.74) is 2.17. The molecule has 0 radical (unpaired) electrons. The van der Waals surface area contributed by atoms with E-state index in [1.165, 1.54) is 12.1 Å². The van der Waals surface area contributed by atoms with Crippen molar-refractivity contribution in [3.63, 3.8) is 0 Å². The number of hydrogen-bond donors (Lipinski definition) is 1. The molecule has 0 aliphatic carbocycles. The highest BCUT2D eigenvalue weighted by atomic mass is 32.2. The van der Waals surface area contributed by atoms with Gasteiger partial charge >= 0.3 is 5.97 Å². The van der Waals surface area contributed by atoms with Crippen LogP contribution in [0.25, 0.3) is 11.1 Å². The maximum Gasteiger partial charge on any atom is 0.338 e. The van der Waals surface area contributed by atoms with Crippen molar-refractivity contribution < 1.29 is 17.9 Å². The quantitative estimate of drug-likeness (QED) is 0.877. The third-order valence-electron chi connectivity index (χ3n) is 2.91. The van der Waals surface area contributed by atoms with E-state index in [0.29, 0.717) is 12.2 Å². The van der Waals surface area contributed by atoms with E-state index in [1.54, 1.807) is 43.3 Å². The molecule has 0 saturated heterocycles. The fraction of sp³-hybridized carbons (Fsp3) is 0.133. The molecule has 0 aromatic heterocycles. The maximum atomic E-state index is 11.5. The van der Waals surface area contributed by atoms with E-state index in [9.17, 15) is 13.2 Å². The molecule has 0 spiro atoms. The molecule has 0 aliphatic rings. The Morgan fingerprint density at radius 1 is 1.00 bits per heavy atom. The molecule has 2 rings (SSSR count). The number of carbonyl (C=O) groups is 1. The van der Waals surface area contributed by atoms with Crippen molar-refractivity contribution in [1.29, 1.82) is 0 Å². The lowest BCUT2D eigenvalue weighted by Crippen LogP contribution is -2.11. The van der Waals surface area contributed by atoms with Gasteiger partial charge in [0.2, 0.25) is 10.0 Å². The van der Waals surface area contributed by atoms with E-state index in [2.05, 4.69) is 0 Å². The van der Waals surface area contributed by atoms with Gasteiger partial charge in [-0.2, -0.15) is 0 Å². The number of hydrogen-bond acceptors (Lipinski definition) is 4. The molecule has 110 valence electrons. The molecule has 5 nitrogen and oxygen atoms in total. The van der Waals surface area contributed by atoms with Crippen LogP contribution in [0.2, 0.25) is 0 Å². The Bertz CT molecular complexity index is 734. The molecule has 2 aromatic carbocycles. The second-order valence-electron chi connectivity index (χ2n) is 4.37. The van der Waals surface area contributed by atoms with Gasteiger partial charge in [-0.15, -0.1) is 0 Å². The van der Waals surface area contributed by atoms with Crippen LogP contribution in [-0.4, -0.2) is 21.0 Å². The summed E-state index contributed by atoms with van der Waals surface area (Å²) in [6.45, 7) is 2.08. The summed E-state index contributed by atoms with van der Waals surface area (Å²) in [7, 11) is -3.69. The largest absolute Gasteiger partial charge is 0.462 e. The second-order valence-corrected chi connectivity index (χ2v) is 5.93. The van der Waals surface area contributed by atoms with E-state index in [4.69, 9.17) is 9.88 Å². The van der Waals surface area contributed by atoms with Crippen LogP contribution in [-0.2, 0) is 14.8 Å². The molecule has 0 saturated carbocycles. The minimum atomic E-state index is -3.69. The summed E-state index contributed by atoms with van der Waals surface area (Å²) in [5, 5.41) is 5.05. The van der Waals surface area contributed by atoms with Crippen molar-refractivity contribution in [1.82, 2.24) is 0 Å². The van der Waals surface area contributed by atoms with Crippen molar-refractivity contribution in [3.05, 3.63) is 54.1 Å². The molecule has 2 aromatic rings. The van der Waals surface area contributed by atoms with Crippen LogP contribution >= 0.6 is 0 Å². The summed E-state index contributed by atoms with van der Waals surface area (Å²) >= 11 is 0. The number of nitrogens with two attached hydrogens (primary N) is 1. The lowest BCUT2D eigenvalue weighted by molar-refractivity contribution is 0.0526. The van der Waals surface area contributed by atoms with Crippen LogP contribution in [0.1, 0.15) is 17.3 Å². The van der Waals surface area contributed by atoms with Crippen LogP contribution in [0.4, 0.5) is 0 Å². The Hall–Kier alpha value is -2.18. The van der Waals surface area contributed by atoms with Gasteiger partial charge in [-0.25, -0.2) is 18.4 Å². The normalized spacial score (nSPS) is 11.1. The van der Waals surface area contributed by atoms with Crippen LogP contribution in [0.5, 0.6) is 0 Å². The first kappa shape index (κ1) is 15.2.